The predicted octanol–water partition coefficient (Wildman–Crippen LogP) is 2.33. The van der Waals surface area contributed by atoms with Crippen molar-refractivity contribution >= 4 is 0 Å². The lowest BCUT2D eigenvalue weighted by molar-refractivity contribution is -0.270. The third-order valence-electron chi connectivity index (χ3n) is 2.67. The van der Waals surface area contributed by atoms with E-state index >= 15 is 0 Å². The van der Waals surface area contributed by atoms with Crippen molar-refractivity contribution in [3.63, 3.8) is 0 Å². The molecule has 0 aromatic heterocycles. The first kappa shape index (κ1) is 9.89. The third kappa shape index (κ3) is 1.73. The third-order valence-corrected chi connectivity index (χ3v) is 2.67. The van der Waals surface area contributed by atoms with Crippen molar-refractivity contribution in [3.8, 4) is 11.8 Å². The average Bonchev–Trinajstić information content (AvgIpc) is 2.33. The van der Waals surface area contributed by atoms with Gasteiger partial charge in [-0.15, -0.1) is 0 Å². The maximum Gasteiger partial charge on any atom is 0.165 e. The van der Waals surface area contributed by atoms with Crippen molar-refractivity contribution in [3.05, 3.63) is 41.8 Å². The van der Waals surface area contributed by atoms with Gasteiger partial charge in [0, 0.05) is 5.56 Å². The molecule has 80 valence electrons. The van der Waals surface area contributed by atoms with Crippen molar-refractivity contribution in [1.82, 2.24) is 0 Å². The highest BCUT2D eigenvalue weighted by molar-refractivity contribution is 5.40. The summed E-state index contributed by atoms with van der Waals surface area (Å²) in [6.45, 7) is 3.81. The topological polar surface area (TPSA) is 18.5 Å². The van der Waals surface area contributed by atoms with Gasteiger partial charge in [0.1, 0.15) is 6.10 Å². The fourth-order valence-electron chi connectivity index (χ4n) is 1.93. The van der Waals surface area contributed by atoms with Crippen LogP contribution in [0.5, 0.6) is 0 Å². The van der Waals surface area contributed by atoms with E-state index in [9.17, 15) is 0 Å². The minimum Gasteiger partial charge on any atom is -0.342 e. The molecule has 1 aromatic rings. The van der Waals surface area contributed by atoms with E-state index in [1.807, 2.05) is 38.1 Å². The molecule has 0 N–H and O–H groups in total. The molecule has 1 fully saturated rings. The molecule has 2 nitrogen and oxygen atoms in total. The highest BCUT2D eigenvalue weighted by atomic mass is 16.7. The second-order valence-corrected chi connectivity index (χ2v) is 4.45. The van der Waals surface area contributed by atoms with Crippen LogP contribution in [0.25, 0.3) is 0 Å². The summed E-state index contributed by atoms with van der Waals surface area (Å²) in [4.78, 5) is 0. The van der Waals surface area contributed by atoms with Crippen molar-refractivity contribution < 1.29 is 9.47 Å². The zero-order chi connectivity index (χ0) is 11.2. The summed E-state index contributed by atoms with van der Waals surface area (Å²) in [7, 11) is 0. The van der Waals surface area contributed by atoms with Crippen LogP contribution in [0.4, 0.5) is 0 Å². The highest BCUT2D eigenvalue weighted by Gasteiger charge is 2.36. The first-order chi connectivity index (χ1) is 7.62. The average molecular weight is 212 g/mol. The van der Waals surface area contributed by atoms with Crippen molar-refractivity contribution in [2.45, 2.75) is 31.8 Å². The minimum absolute atomic E-state index is 0.157. The molecule has 2 unspecified atom stereocenters. The summed E-state index contributed by atoms with van der Waals surface area (Å²) >= 11 is 0. The Kier molecular flexibility index (Phi) is 2.07. The Balaban J connectivity index is 2.08. The molecule has 0 spiro atoms. The van der Waals surface area contributed by atoms with Gasteiger partial charge in [0.25, 0.3) is 0 Å². The number of ether oxygens (including phenoxy) is 2. The molecule has 0 amide bonds. The van der Waals surface area contributed by atoms with Crippen LogP contribution < -0.4 is 0 Å². The summed E-state index contributed by atoms with van der Waals surface area (Å²) in [5.41, 5.74) is 2.09. The van der Waals surface area contributed by atoms with Crippen LogP contribution in [0.15, 0.2) is 24.3 Å². The highest BCUT2D eigenvalue weighted by Crippen LogP contribution is 2.35. The molecule has 2 atom stereocenters. The SMILES string of the molecule is CC1(C)OC2[C]C(O1)c1ccc(cc1)C#C2. The number of hydrogen-bond acceptors (Lipinski definition) is 2. The number of rotatable bonds is 0. The van der Waals surface area contributed by atoms with Crippen LogP contribution in [0.1, 0.15) is 31.1 Å². The molecule has 16 heavy (non-hydrogen) atoms. The maximum atomic E-state index is 5.81. The molecule has 1 aliphatic heterocycles. The Labute approximate surface area is 95.6 Å². The molecule has 0 saturated carbocycles. The second kappa shape index (κ2) is 3.35. The summed E-state index contributed by atoms with van der Waals surface area (Å²) in [6.07, 6.45) is 2.77. The van der Waals surface area contributed by atoms with Gasteiger partial charge in [-0.1, -0.05) is 24.0 Å². The van der Waals surface area contributed by atoms with Gasteiger partial charge in [-0.25, -0.2) is 0 Å². The molecular formula is C14H12O2. The zero-order valence-electron chi connectivity index (χ0n) is 9.28. The van der Waals surface area contributed by atoms with Crippen LogP contribution in [-0.2, 0) is 9.47 Å². The van der Waals surface area contributed by atoms with Crippen LogP contribution in [0, 0.1) is 18.3 Å². The van der Waals surface area contributed by atoms with E-state index in [4.69, 9.17) is 9.47 Å². The molecule has 2 aliphatic carbocycles. The lowest BCUT2D eigenvalue weighted by Crippen LogP contribution is -2.41. The van der Waals surface area contributed by atoms with E-state index in [2.05, 4.69) is 18.3 Å². The fourth-order valence-corrected chi connectivity index (χ4v) is 1.93. The summed E-state index contributed by atoms with van der Waals surface area (Å²) in [5.74, 6) is 5.53. The van der Waals surface area contributed by atoms with Crippen LogP contribution in [0.2, 0.25) is 0 Å². The Morgan fingerprint density at radius 3 is 2.62 bits per heavy atom. The number of fused-ring (bicyclic) bond motifs is 2. The minimum atomic E-state index is -0.614. The normalized spacial score (nSPS) is 29.6. The second-order valence-electron chi connectivity index (χ2n) is 4.45. The van der Waals surface area contributed by atoms with Gasteiger partial charge in [0.15, 0.2) is 5.79 Å². The van der Waals surface area contributed by atoms with E-state index in [1.165, 1.54) is 0 Å². The summed E-state index contributed by atoms with van der Waals surface area (Å²) in [5, 5.41) is 0. The van der Waals surface area contributed by atoms with Gasteiger partial charge in [0.2, 0.25) is 0 Å². The first-order valence-corrected chi connectivity index (χ1v) is 5.36. The molecule has 1 saturated heterocycles. The quantitative estimate of drug-likeness (QED) is 0.614. The van der Waals surface area contributed by atoms with E-state index in [-0.39, 0.29) is 12.2 Å². The Hall–Kier alpha value is -1.30. The standard InChI is InChI=1S/C14H12O2/c1-14(2)15-12-8-5-10-3-6-11(7-4-10)13(9-12)16-14/h3-4,6-7,12-13H,1-2H3. The maximum absolute atomic E-state index is 5.81. The van der Waals surface area contributed by atoms with Crippen molar-refractivity contribution in [2.24, 2.45) is 0 Å². The number of benzene rings is 1. The zero-order valence-corrected chi connectivity index (χ0v) is 9.28. The molecule has 4 rings (SSSR count). The van der Waals surface area contributed by atoms with E-state index < -0.39 is 5.79 Å². The van der Waals surface area contributed by atoms with E-state index in [0.29, 0.717) is 0 Å². The molecule has 2 radical (unpaired) electrons. The predicted molar refractivity (Wildman–Crippen MR) is 59.3 cm³/mol. The summed E-state index contributed by atoms with van der Waals surface area (Å²) < 4.78 is 11.5. The lowest BCUT2D eigenvalue weighted by Gasteiger charge is -2.38. The first-order valence-electron chi connectivity index (χ1n) is 5.36. The molecule has 3 aliphatic rings. The smallest absolute Gasteiger partial charge is 0.165 e. The largest absolute Gasteiger partial charge is 0.342 e. The van der Waals surface area contributed by atoms with E-state index in [0.717, 1.165) is 11.1 Å². The molecule has 1 aromatic carbocycles. The van der Waals surface area contributed by atoms with Crippen LogP contribution in [0.3, 0.4) is 0 Å². The van der Waals surface area contributed by atoms with Crippen LogP contribution in [-0.4, -0.2) is 11.9 Å². The van der Waals surface area contributed by atoms with Gasteiger partial charge >= 0.3 is 0 Å². The van der Waals surface area contributed by atoms with Crippen LogP contribution >= 0.6 is 0 Å². The number of hydrogen-bond donors (Lipinski definition) is 0. The molecule has 2 heteroatoms. The Bertz CT molecular complexity index is 462. The van der Waals surface area contributed by atoms with Gasteiger partial charge in [0.05, 0.1) is 12.5 Å². The lowest BCUT2D eigenvalue weighted by atomic mass is 10.0. The Morgan fingerprint density at radius 2 is 1.88 bits per heavy atom. The van der Waals surface area contributed by atoms with Crippen molar-refractivity contribution in [1.29, 1.82) is 0 Å². The molecule has 4 bridgehead atoms. The van der Waals surface area contributed by atoms with Gasteiger partial charge in [-0.2, -0.15) is 0 Å². The monoisotopic (exact) mass is 212 g/mol. The van der Waals surface area contributed by atoms with Gasteiger partial charge in [-0.05, 0) is 31.5 Å². The summed E-state index contributed by atoms with van der Waals surface area (Å²) in [6, 6.07) is 8.07. The van der Waals surface area contributed by atoms with Gasteiger partial charge in [-0.3, -0.25) is 0 Å². The van der Waals surface area contributed by atoms with Gasteiger partial charge < -0.3 is 9.47 Å². The molecule has 1 heterocycles. The Morgan fingerprint density at radius 1 is 1.12 bits per heavy atom. The fraction of sp³-hybridized carbons (Fsp3) is 0.357. The van der Waals surface area contributed by atoms with Crippen molar-refractivity contribution in [2.75, 3.05) is 0 Å². The molecular weight excluding hydrogens is 200 g/mol. The van der Waals surface area contributed by atoms with E-state index in [1.54, 1.807) is 0 Å².